The Morgan fingerprint density at radius 1 is 1.39 bits per heavy atom. The number of hydrogen-bond acceptors (Lipinski definition) is 2. The van der Waals surface area contributed by atoms with Gasteiger partial charge in [0.15, 0.2) is 0 Å². The summed E-state index contributed by atoms with van der Waals surface area (Å²) in [5.41, 5.74) is 0.332. The molecule has 1 aromatic heterocycles. The van der Waals surface area contributed by atoms with E-state index in [1.807, 2.05) is 0 Å². The number of aromatic nitrogens is 1. The first kappa shape index (κ1) is 15.3. The second-order valence-electron chi connectivity index (χ2n) is 4.39. The number of halogens is 2. The highest BCUT2D eigenvalue weighted by Crippen LogP contribution is 2.26. The van der Waals surface area contributed by atoms with E-state index in [2.05, 4.69) is 24.1 Å². The van der Waals surface area contributed by atoms with E-state index in [0.29, 0.717) is 23.1 Å². The minimum Gasteiger partial charge on any atom is -0.350 e. The fourth-order valence-corrected chi connectivity index (χ4v) is 2.19. The van der Waals surface area contributed by atoms with Crippen molar-refractivity contribution >= 4 is 29.1 Å². The molecule has 1 amide bonds. The molecule has 3 nitrogen and oxygen atoms in total. The lowest BCUT2D eigenvalue weighted by Crippen LogP contribution is -2.38. The molecule has 0 spiro atoms. The van der Waals surface area contributed by atoms with Gasteiger partial charge in [0.25, 0.3) is 5.91 Å². The van der Waals surface area contributed by atoms with Gasteiger partial charge < -0.3 is 5.32 Å². The summed E-state index contributed by atoms with van der Waals surface area (Å²) in [6.07, 6.45) is 3.33. The Labute approximate surface area is 118 Å². The summed E-state index contributed by atoms with van der Waals surface area (Å²) in [4.78, 5) is 15.9. The number of amides is 1. The third-order valence-corrected chi connectivity index (χ3v) is 4.16. The van der Waals surface area contributed by atoms with Crippen molar-refractivity contribution in [3.8, 4) is 0 Å². The van der Waals surface area contributed by atoms with Crippen LogP contribution in [0.15, 0.2) is 18.3 Å². The molecule has 0 aliphatic heterocycles. The number of pyridine rings is 1. The SMILES string of the molecule is CCC(CC)(CCl)CNC(=O)c1ccc(Cl)cn1. The van der Waals surface area contributed by atoms with Crippen molar-refractivity contribution in [1.29, 1.82) is 0 Å². The molecule has 100 valence electrons. The highest BCUT2D eigenvalue weighted by atomic mass is 35.5. The van der Waals surface area contributed by atoms with Gasteiger partial charge in [0.05, 0.1) is 5.02 Å². The first-order valence-corrected chi connectivity index (χ1v) is 6.94. The summed E-state index contributed by atoms with van der Waals surface area (Å²) in [6, 6.07) is 3.26. The number of carbonyl (C=O) groups excluding carboxylic acids is 1. The largest absolute Gasteiger partial charge is 0.350 e. The van der Waals surface area contributed by atoms with Gasteiger partial charge in [-0.3, -0.25) is 4.79 Å². The Bertz CT molecular complexity index is 380. The van der Waals surface area contributed by atoms with Crippen LogP contribution in [0.5, 0.6) is 0 Å². The molecule has 5 heteroatoms. The summed E-state index contributed by atoms with van der Waals surface area (Å²) in [7, 11) is 0. The lowest BCUT2D eigenvalue weighted by atomic mass is 9.84. The van der Waals surface area contributed by atoms with E-state index in [1.54, 1.807) is 12.1 Å². The monoisotopic (exact) mass is 288 g/mol. The molecule has 1 aromatic rings. The Balaban J connectivity index is 2.63. The van der Waals surface area contributed by atoms with Crippen LogP contribution in [0.25, 0.3) is 0 Å². The third-order valence-electron chi connectivity index (χ3n) is 3.37. The standard InChI is InChI=1S/C13H18Cl2N2O/c1-3-13(4-2,8-14)9-17-12(18)11-6-5-10(15)7-16-11/h5-7H,3-4,8-9H2,1-2H3,(H,17,18). The van der Waals surface area contributed by atoms with Crippen molar-refractivity contribution in [2.24, 2.45) is 5.41 Å². The van der Waals surface area contributed by atoms with Crippen LogP contribution < -0.4 is 5.32 Å². The second-order valence-corrected chi connectivity index (χ2v) is 5.09. The smallest absolute Gasteiger partial charge is 0.269 e. The molecule has 0 radical (unpaired) electrons. The Hall–Kier alpha value is -0.800. The van der Waals surface area contributed by atoms with Gasteiger partial charge in [0.1, 0.15) is 5.69 Å². The molecule has 0 saturated heterocycles. The van der Waals surface area contributed by atoms with Gasteiger partial charge in [0, 0.05) is 24.0 Å². The maximum absolute atomic E-state index is 11.9. The fourth-order valence-electron chi connectivity index (χ4n) is 1.60. The van der Waals surface area contributed by atoms with Crippen LogP contribution in [0.2, 0.25) is 5.02 Å². The predicted molar refractivity (Wildman–Crippen MR) is 75.3 cm³/mol. The molecular formula is C13H18Cl2N2O. The molecule has 0 aliphatic rings. The van der Waals surface area contributed by atoms with E-state index in [1.165, 1.54) is 6.20 Å². The van der Waals surface area contributed by atoms with Crippen molar-refractivity contribution in [3.05, 3.63) is 29.0 Å². The van der Waals surface area contributed by atoms with E-state index in [9.17, 15) is 4.79 Å². The van der Waals surface area contributed by atoms with Gasteiger partial charge in [-0.25, -0.2) is 4.98 Å². The Morgan fingerprint density at radius 3 is 2.50 bits per heavy atom. The number of carbonyl (C=O) groups is 1. The molecule has 0 fully saturated rings. The zero-order valence-corrected chi connectivity index (χ0v) is 12.2. The number of hydrogen-bond donors (Lipinski definition) is 1. The number of alkyl halides is 1. The van der Waals surface area contributed by atoms with Crippen molar-refractivity contribution < 1.29 is 4.79 Å². The summed E-state index contributed by atoms with van der Waals surface area (Å²) < 4.78 is 0. The number of nitrogens with zero attached hydrogens (tertiary/aromatic N) is 1. The van der Waals surface area contributed by atoms with Crippen LogP contribution in [0.3, 0.4) is 0 Å². The normalized spacial score (nSPS) is 11.3. The second kappa shape index (κ2) is 6.95. The van der Waals surface area contributed by atoms with E-state index < -0.39 is 0 Å². The molecule has 0 aromatic carbocycles. The van der Waals surface area contributed by atoms with E-state index >= 15 is 0 Å². The lowest BCUT2D eigenvalue weighted by Gasteiger charge is -2.29. The maximum atomic E-state index is 11.9. The van der Waals surface area contributed by atoms with Crippen molar-refractivity contribution in [2.75, 3.05) is 12.4 Å². The van der Waals surface area contributed by atoms with Crippen LogP contribution in [-0.4, -0.2) is 23.3 Å². The van der Waals surface area contributed by atoms with Crippen LogP contribution >= 0.6 is 23.2 Å². The summed E-state index contributed by atoms with van der Waals surface area (Å²) in [5.74, 6) is 0.344. The first-order chi connectivity index (χ1) is 8.56. The van der Waals surface area contributed by atoms with Crippen LogP contribution in [0.1, 0.15) is 37.2 Å². The Kier molecular flexibility index (Phi) is 5.89. The minimum absolute atomic E-state index is 0.0381. The van der Waals surface area contributed by atoms with Gasteiger partial charge >= 0.3 is 0 Å². The molecule has 1 heterocycles. The van der Waals surface area contributed by atoms with Crippen molar-refractivity contribution in [2.45, 2.75) is 26.7 Å². The van der Waals surface area contributed by atoms with Crippen LogP contribution in [-0.2, 0) is 0 Å². The van der Waals surface area contributed by atoms with Gasteiger partial charge in [0.2, 0.25) is 0 Å². The van der Waals surface area contributed by atoms with Crippen LogP contribution in [0, 0.1) is 5.41 Å². The maximum Gasteiger partial charge on any atom is 0.269 e. The molecule has 1 N–H and O–H groups in total. The van der Waals surface area contributed by atoms with E-state index in [-0.39, 0.29) is 11.3 Å². The molecule has 0 aliphatic carbocycles. The molecule has 0 unspecified atom stereocenters. The number of rotatable bonds is 6. The molecule has 0 bridgehead atoms. The highest BCUT2D eigenvalue weighted by Gasteiger charge is 2.25. The molecule has 1 rings (SSSR count). The predicted octanol–water partition coefficient (Wildman–Crippen LogP) is 3.51. The third kappa shape index (κ3) is 3.85. The highest BCUT2D eigenvalue weighted by molar-refractivity contribution is 6.30. The average Bonchev–Trinajstić information content (AvgIpc) is 2.41. The molecule has 0 saturated carbocycles. The lowest BCUT2D eigenvalue weighted by molar-refractivity contribution is 0.0927. The van der Waals surface area contributed by atoms with Crippen molar-refractivity contribution in [3.63, 3.8) is 0 Å². The zero-order chi connectivity index (χ0) is 13.6. The van der Waals surface area contributed by atoms with E-state index in [4.69, 9.17) is 23.2 Å². The van der Waals surface area contributed by atoms with Crippen LogP contribution in [0.4, 0.5) is 0 Å². The zero-order valence-electron chi connectivity index (χ0n) is 10.7. The topological polar surface area (TPSA) is 42.0 Å². The summed E-state index contributed by atoms with van der Waals surface area (Å²) >= 11 is 11.7. The molecule has 0 atom stereocenters. The van der Waals surface area contributed by atoms with Gasteiger partial charge in [-0.05, 0) is 25.0 Å². The number of nitrogens with one attached hydrogen (secondary N) is 1. The average molecular weight is 289 g/mol. The van der Waals surface area contributed by atoms with Crippen molar-refractivity contribution in [1.82, 2.24) is 10.3 Å². The summed E-state index contributed by atoms with van der Waals surface area (Å²) in [6.45, 7) is 4.73. The summed E-state index contributed by atoms with van der Waals surface area (Å²) in [5, 5.41) is 3.40. The quantitative estimate of drug-likeness (QED) is 0.814. The van der Waals surface area contributed by atoms with Gasteiger partial charge in [-0.2, -0.15) is 0 Å². The van der Waals surface area contributed by atoms with Gasteiger partial charge in [-0.15, -0.1) is 11.6 Å². The first-order valence-electron chi connectivity index (χ1n) is 6.02. The van der Waals surface area contributed by atoms with Gasteiger partial charge in [-0.1, -0.05) is 25.4 Å². The Morgan fingerprint density at radius 2 is 2.06 bits per heavy atom. The minimum atomic E-state index is -0.192. The molecular weight excluding hydrogens is 271 g/mol. The fraction of sp³-hybridized carbons (Fsp3) is 0.538. The molecule has 18 heavy (non-hydrogen) atoms. The van der Waals surface area contributed by atoms with E-state index in [0.717, 1.165) is 12.8 Å².